The van der Waals surface area contributed by atoms with Crippen LogP contribution in [0.3, 0.4) is 0 Å². The highest BCUT2D eigenvalue weighted by atomic mass is 35.5. The molecular weight excluding hydrogens is 466 g/mol. The molecule has 0 spiro atoms. The van der Waals surface area contributed by atoms with Crippen molar-refractivity contribution in [2.75, 3.05) is 32.2 Å². The van der Waals surface area contributed by atoms with Gasteiger partial charge >= 0.3 is 6.03 Å². The number of ether oxygens (including phenoxy) is 3. The molecule has 3 aromatic carbocycles. The van der Waals surface area contributed by atoms with Gasteiger partial charge in [-0.2, -0.15) is 0 Å². The average molecular weight is 490 g/mol. The van der Waals surface area contributed by atoms with E-state index >= 15 is 0 Å². The van der Waals surface area contributed by atoms with Gasteiger partial charge < -0.3 is 29.4 Å². The fourth-order valence-electron chi connectivity index (χ4n) is 4.93. The fraction of sp³-hybridized carbons (Fsp3) is 0.222. The van der Waals surface area contributed by atoms with Crippen molar-refractivity contribution in [2.24, 2.45) is 0 Å². The third-order valence-electron chi connectivity index (χ3n) is 6.57. The smallest absolute Gasteiger partial charge is 0.322 e. The van der Waals surface area contributed by atoms with Crippen molar-refractivity contribution in [3.05, 3.63) is 82.5 Å². The lowest BCUT2D eigenvalue weighted by Crippen LogP contribution is -2.43. The lowest BCUT2D eigenvalue weighted by atomic mass is 9.92. The van der Waals surface area contributed by atoms with Crippen LogP contribution >= 0.6 is 11.6 Å². The maximum Gasteiger partial charge on any atom is 0.322 e. The number of hydrogen-bond acceptors (Lipinski definition) is 4. The van der Waals surface area contributed by atoms with Gasteiger partial charge in [-0.3, -0.25) is 0 Å². The van der Waals surface area contributed by atoms with Crippen LogP contribution < -0.4 is 19.5 Å². The van der Waals surface area contributed by atoms with Gasteiger partial charge in [-0.1, -0.05) is 23.7 Å². The van der Waals surface area contributed by atoms with Gasteiger partial charge in [-0.15, -0.1) is 0 Å². The first-order valence-electron chi connectivity index (χ1n) is 11.5. The Morgan fingerprint density at radius 3 is 2.66 bits per heavy atom. The molecule has 7 nitrogen and oxygen atoms in total. The molecule has 0 bridgehead atoms. The summed E-state index contributed by atoms with van der Waals surface area (Å²) in [4.78, 5) is 19.0. The molecule has 0 fully saturated rings. The maximum atomic E-state index is 13.6. The van der Waals surface area contributed by atoms with Gasteiger partial charge in [0.15, 0.2) is 11.5 Å². The highest BCUT2D eigenvalue weighted by Gasteiger charge is 2.35. The molecule has 0 saturated carbocycles. The zero-order valence-electron chi connectivity index (χ0n) is 19.1. The molecule has 2 aliphatic heterocycles. The maximum absolute atomic E-state index is 13.6. The zero-order chi connectivity index (χ0) is 23.9. The molecule has 2 amide bonds. The first-order chi connectivity index (χ1) is 17.1. The van der Waals surface area contributed by atoms with Crippen LogP contribution in [0.15, 0.2) is 60.7 Å². The second-order valence-corrected chi connectivity index (χ2v) is 9.05. The first kappa shape index (κ1) is 21.7. The summed E-state index contributed by atoms with van der Waals surface area (Å²) in [5.74, 6) is 2.08. The van der Waals surface area contributed by atoms with Crippen molar-refractivity contribution in [1.29, 1.82) is 0 Å². The number of nitrogens with one attached hydrogen (secondary N) is 2. The van der Waals surface area contributed by atoms with Crippen LogP contribution in [0.2, 0.25) is 5.02 Å². The molecule has 0 aliphatic carbocycles. The number of H-pyrrole nitrogens is 1. The van der Waals surface area contributed by atoms with E-state index in [9.17, 15) is 4.79 Å². The summed E-state index contributed by atoms with van der Waals surface area (Å²) in [7, 11) is 1.64. The van der Waals surface area contributed by atoms with Crippen LogP contribution in [-0.2, 0) is 6.42 Å². The number of carbonyl (C=O) groups excluding carboxylic acids is 1. The van der Waals surface area contributed by atoms with Crippen LogP contribution in [0.5, 0.6) is 17.2 Å². The quantitative estimate of drug-likeness (QED) is 0.382. The highest BCUT2D eigenvalue weighted by molar-refractivity contribution is 6.31. The first-order valence-corrected chi connectivity index (χ1v) is 11.9. The predicted octanol–water partition coefficient (Wildman–Crippen LogP) is 5.78. The molecule has 6 rings (SSSR count). The van der Waals surface area contributed by atoms with Gasteiger partial charge in [-0.25, -0.2) is 4.79 Å². The van der Waals surface area contributed by atoms with E-state index in [1.54, 1.807) is 13.2 Å². The van der Waals surface area contributed by atoms with Crippen molar-refractivity contribution in [3.8, 4) is 17.2 Å². The predicted molar refractivity (Wildman–Crippen MR) is 135 cm³/mol. The lowest BCUT2D eigenvalue weighted by molar-refractivity contribution is 0.171. The summed E-state index contributed by atoms with van der Waals surface area (Å²) in [5.41, 5.74) is 4.83. The number of hydrogen-bond donors (Lipinski definition) is 2. The molecule has 0 radical (unpaired) electrons. The normalized spacial score (nSPS) is 16.6. The van der Waals surface area contributed by atoms with Crippen LogP contribution in [0.4, 0.5) is 10.5 Å². The van der Waals surface area contributed by atoms with Crippen molar-refractivity contribution < 1.29 is 19.0 Å². The van der Waals surface area contributed by atoms with Gasteiger partial charge in [0, 0.05) is 39.9 Å². The Hall–Kier alpha value is -3.84. The Bertz CT molecular complexity index is 1420. The SMILES string of the molecule is COc1ccc([C@H]2c3[nH]c4ccc(Cl)cc4c3CCN2C(=O)Nc2ccc3c(c2)OCCO3)cc1. The summed E-state index contributed by atoms with van der Waals surface area (Å²) < 4.78 is 16.6. The number of aromatic amines is 1. The Kier molecular flexibility index (Phi) is 5.41. The van der Waals surface area contributed by atoms with Gasteiger partial charge in [0.25, 0.3) is 0 Å². The lowest BCUT2D eigenvalue weighted by Gasteiger charge is -2.36. The van der Waals surface area contributed by atoms with E-state index in [0.29, 0.717) is 42.0 Å². The van der Waals surface area contributed by atoms with Gasteiger partial charge in [0.05, 0.1) is 13.2 Å². The van der Waals surface area contributed by atoms with E-state index in [1.165, 1.54) is 5.56 Å². The van der Waals surface area contributed by atoms with Crippen LogP contribution in [0.1, 0.15) is 22.9 Å². The standard InChI is InChI=1S/C27H24ClN3O4/c1-33-19-6-2-16(3-7-19)26-25-20(21-14-17(28)4-8-22(21)30-25)10-11-31(26)27(32)29-18-5-9-23-24(15-18)35-13-12-34-23/h2-9,14-15,26,30H,10-13H2,1H3,(H,29,32)/t26-/m0/s1. The molecule has 35 heavy (non-hydrogen) atoms. The summed E-state index contributed by atoms with van der Waals surface area (Å²) in [6, 6.07) is 18.6. The number of rotatable bonds is 3. The molecule has 0 saturated heterocycles. The third kappa shape index (κ3) is 3.91. The molecule has 2 aliphatic rings. The summed E-state index contributed by atoms with van der Waals surface area (Å²) in [5, 5.41) is 4.84. The molecule has 2 N–H and O–H groups in total. The van der Waals surface area contributed by atoms with E-state index in [1.807, 2.05) is 59.5 Å². The number of fused-ring (bicyclic) bond motifs is 4. The number of amides is 2. The van der Waals surface area contributed by atoms with Crippen molar-refractivity contribution in [3.63, 3.8) is 0 Å². The third-order valence-corrected chi connectivity index (χ3v) is 6.81. The molecule has 3 heterocycles. The molecule has 1 aromatic heterocycles. The van der Waals surface area contributed by atoms with Crippen molar-refractivity contribution >= 4 is 34.2 Å². The van der Waals surface area contributed by atoms with Gasteiger partial charge in [-0.05, 0) is 60.0 Å². The number of methoxy groups -OCH3 is 1. The number of anilines is 1. The number of benzene rings is 3. The number of urea groups is 1. The Morgan fingerprint density at radius 2 is 1.86 bits per heavy atom. The Morgan fingerprint density at radius 1 is 1.06 bits per heavy atom. The second-order valence-electron chi connectivity index (χ2n) is 8.61. The second kappa shape index (κ2) is 8.74. The topological polar surface area (TPSA) is 75.8 Å². The van der Waals surface area contributed by atoms with E-state index in [2.05, 4.69) is 10.3 Å². The van der Waals surface area contributed by atoms with Crippen LogP contribution in [0.25, 0.3) is 10.9 Å². The minimum absolute atomic E-state index is 0.190. The molecule has 0 unspecified atom stereocenters. The summed E-state index contributed by atoms with van der Waals surface area (Å²) in [6.07, 6.45) is 0.719. The molecule has 178 valence electrons. The monoisotopic (exact) mass is 489 g/mol. The molecule has 1 atom stereocenters. The fourth-order valence-corrected chi connectivity index (χ4v) is 5.10. The molecule has 4 aromatic rings. The van der Waals surface area contributed by atoms with E-state index < -0.39 is 0 Å². The minimum Gasteiger partial charge on any atom is -0.497 e. The van der Waals surface area contributed by atoms with Crippen LogP contribution in [0, 0.1) is 0 Å². The summed E-state index contributed by atoms with van der Waals surface area (Å²) >= 11 is 6.30. The Balaban J connectivity index is 1.38. The molecular formula is C27H24ClN3O4. The van der Waals surface area contributed by atoms with Crippen molar-refractivity contribution in [1.82, 2.24) is 9.88 Å². The van der Waals surface area contributed by atoms with Gasteiger partial charge in [0.1, 0.15) is 19.0 Å². The van der Waals surface area contributed by atoms with Crippen molar-refractivity contribution in [2.45, 2.75) is 12.5 Å². The van der Waals surface area contributed by atoms with E-state index in [-0.39, 0.29) is 12.1 Å². The number of aromatic nitrogens is 1. The Labute approximate surface area is 207 Å². The number of nitrogens with zero attached hydrogens (tertiary/aromatic N) is 1. The molecule has 8 heteroatoms. The largest absolute Gasteiger partial charge is 0.497 e. The van der Waals surface area contributed by atoms with E-state index in [0.717, 1.165) is 34.3 Å². The van der Waals surface area contributed by atoms with Crippen LogP contribution in [-0.4, -0.2) is 42.8 Å². The number of carbonyl (C=O) groups is 1. The van der Waals surface area contributed by atoms with Gasteiger partial charge in [0.2, 0.25) is 0 Å². The highest BCUT2D eigenvalue weighted by Crippen LogP contribution is 2.40. The summed E-state index contributed by atoms with van der Waals surface area (Å²) in [6.45, 7) is 1.57. The average Bonchev–Trinajstić information content (AvgIpc) is 3.26. The zero-order valence-corrected chi connectivity index (χ0v) is 19.9. The van der Waals surface area contributed by atoms with E-state index in [4.69, 9.17) is 25.8 Å². The minimum atomic E-state index is -0.298. The number of halogens is 1.